The monoisotopic (exact) mass is 527 g/mol. The Morgan fingerprint density at radius 2 is 1.76 bits per heavy atom. The first kappa shape index (κ1) is 25.4. The van der Waals surface area contributed by atoms with Crippen LogP contribution in [0, 0.1) is 37.8 Å². The fraction of sp³-hybridized carbons (Fsp3) is 0.241. The predicted octanol–water partition coefficient (Wildman–Crippen LogP) is 6.20. The largest absolute Gasteiger partial charge is 0.496 e. The molecule has 2 atom stereocenters. The molecule has 0 bridgehead atoms. The Hall–Kier alpha value is -4.24. The number of aryl methyl sites for hydroxylation is 3. The number of nitro groups is 1. The quantitative estimate of drug-likeness (QED) is 0.182. The van der Waals surface area contributed by atoms with Crippen molar-refractivity contribution in [2.24, 2.45) is 0 Å². The summed E-state index contributed by atoms with van der Waals surface area (Å²) in [6.45, 7) is 8.10. The number of thiocarbonyl (C=S) groups is 1. The minimum absolute atomic E-state index is 0.0230. The molecule has 0 amide bonds. The number of anilines is 1. The molecule has 0 saturated carbocycles. The Morgan fingerprint density at radius 1 is 1.03 bits per heavy atom. The molecular formula is C29H29N5O3S. The van der Waals surface area contributed by atoms with Gasteiger partial charge in [0.2, 0.25) is 0 Å². The van der Waals surface area contributed by atoms with Crippen LogP contribution in [0.15, 0.2) is 66.9 Å². The fourth-order valence-electron chi connectivity index (χ4n) is 5.46. The first-order valence-corrected chi connectivity index (χ1v) is 12.7. The number of nitrogens with one attached hydrogen (secondary N) is 1. The van der Waals surface area contributed by atoms with E-state index in [-0.39, 0.29) is 22.7 Å². The molecule has 1 saturated heterocycles. The Kier molecular flexibility index (Phi) is 6.62. The van der Waals surface area contributed by atoms with Crippen molar-refractivity contribution >= 4 is 28.7 Å². The third-order valence-electron chi connectivity index (χ3n) is 6.99. The molecule has 38 heavy (non-hydrogen) atoms. The molecule has 2 unspecified atom stereocenters. The van der Waals surface area contributed by atoms with Crippen molar-refractivity contribution in [3.63, 3.8) is 0 Å². The molecule has 2 aromatic carbocycles. The van der Waals surface area contributed by atoms with E-state index in [4.69, 9.17) is 17.0 Å². The molecule has 1 fully saturated rings. The number of hydrogen-bond donors (Lipinski definition) is 1. The van der Waals surface area contributed by atoms with Gasteiger partial charge in [0.15, 0.2) is 5.11 Å². The molecule has 3 heterocycles. The number of hydrogen-bond acceptors (Lipinski definition) is 5. The van der Waals surface area contributed by atoms with Crippen LogP contribution in [0.1, 0.15) is 45.9 Å². The Labute approximate surface area is 227 Å². The number of benzene rings is 2. The van der Waals surface area contributed by atoms with Gasteiger partial charge in [-0.15, -0.1) is 0 Å². The molecule has 4 aromatic rings. The summed E-state index contributed by atoms with van der Waals surface area (Å²) in [5, 5.41) is 16.1. The van der Waals surface area contributed by atoms with E-state index in [1.165, 1.54) is 13.2 Å². The highest BCUT2D eigenvalue weighted by Crippen LogP contribution is 2.44. The van der Waals surface area contributed by atoms with E-state index in [1.54, 1.807) is 18.3 Å². The fourth-order valence-corrected chi connectivity index (χ4v) is 5.81. The molecule has 0 spiro atoms. The van der Waals surface area contributed by atoms with Crippen molar-refractivity contribution in [2.45, 2.75) is 39.8 Å². The number of aromatic nitrogens is 2. The third kappa shape index (κ3) is 4.39. The van der Waals surface area contributed by atoms with Crippen molar-refractivity contribution in [3.8, 4) is 11.4 Å². The van der Waals surface area contributed by atoms with E-state index in [2.05, 4.69) is 53.3 Å². The Balaban J connectivity index is 1.72. The number of methoxy groups -OCH3 is 1. The van der Waals surface area contributed by atoms with E-state index in [0.717, 1.165) is 39.5 Å². The van der Waals surface area contributed by atoms with E-state index >= 15 is 0 Å². The number of nitrogens with zero attached hydrogens (tertiary/aromatic N) is 4. The second kappa shape index (κ2) is 9.90. The van der Waals surface area contributed by atoms with E-state index in [1.807, 2.05) is 36.6 Å². The van der Waals surface area contributed by atoms with Crippen molar-refractivity contribution in [1.29, 1.82) is 0 Å². The molecule has 9 heteroatoms. The molecule has 1 aliphatic rings. The van der Waals surface area contributed by atoms with Gasteiger partial charge >= 0.3 is 0 Å². The zero-order valence-corrected chi connectivity index (χ0v) is 22.7. The number of ether oxygens (including phenoxy) is 1. The van der Waals surface area contributed by atoms with Crippen LogP contribution in [0.5, 0.6) is 5.75 Å². The molecule has 1 aliphatic heterocycles. The smallest absolute Gasteiger partial charge is 0.296 e. The van der Waals surface area contributed by atoms with E-state index in [0.29, 0.717) is 16.5 Å². The first-order chi connectivity index (χ1) is 18.2. The zero-order valence-electron chi connectivity index (χ0n) is 21.9. The second-order valence-corrected chi connectivity index (χ2v) is 10.0. The minimum Gasteiger partial charge on any atom is -0.496 e. The van der Waals surface area contributed by atoms with Crippen molar-refractivity contribution in [3.05, 3.63) is 111 Å². The van der Waals surface area contributed by atoms with Gasteiger partial charge in [-0.3, -0.25) is 15.1 Å². The van der Waals surface area contributed by atoms with Gasteiger partial charge in [-0.1, -0.05) is 12.1 Å². The van der Waals surface area contributed by atoms with E-state index < -0.39 is 0 Å². The van der Waals surface area contributed by atoms with Gasteiger partial charge in [0.1, 0.15) is 11.4 Å². The van der Waals surface area contributed by atoms with E-state index in [9.17, 15) is 10.1 Å². The number of nitro benzene ring substituents is 1. The summed E-state index contributed by atoms with van der Waals surface area (Å²) in [5.41, 5.74) is 7.38. The maximum atomic E-state index is 12.0. The van der Waals surface area contributed by atoms with Crippen LogP contribution >= 0.6 is 12.2 Å². The lowest BCUT2D eigenvalue weighted by atomic mass is 9.96. The van der Waals surface area contributed by atoms with Gasteiger partial charge in [0.25, 0.3) is 5.69 Å². The normalized spacial score (nSPS) is 17.0. The van der Waals surface area contributed by atoms with Gasteiger partial charge in [0.05, 0.1) is 35.9 Å². The molecule has 5 rings (SSSR count). The molecule has 1 N–H and O–H groups in total. The summed E-state index contributed by atoms with van der Waals surface area (Å²) in [7, 11) is 1.50. The third-order valence-corrected chi connectivity index (χ3v) is 7.31. The summed E-state index contributed by atoms with van der Waals surface area (Å²) in [6.07, 6.45) is 1.78. The Morgan fingerprint density at radius 3 is 2.39 bits per heavy atom. The van der Waals surface area contributed by atoms with Gasteiger partial charge < -0.3 is 19.5 Å². The van der Waals surface area contributed by atoms with Crippen molar-refractivity contribution < 1.29 is 9.66 Å². The summed E-state index contributed by atoms with van der Waals surface area (Å²) in [4.78, 5) is 18.4. The van der Waals surface area contributed by atoms with Gasteiger partial charge in [-0.2, -0.15) is 0 Å². The molecule has 0 radical (unpaired) electrons. The van der Waals surface area contributed by atoms with Crippen LogP contribution < -0.4 is 15.0 Å². The van der Waals surface area contributed by atoms with Crippen LogP contribution in [-0.2, 0) is 0 Å². The lowest BCUT2D eigenvalue weighted by Gasteiger charge is -2.28. The highest BCUT2D eigenvalue weighted by Gasteiger charge is 2.42. The second-order valence-electron chi connectivity index (χ2n) is 9.62. The van der Waals surface area contributed by atoms with Gasteiger partial charge in [0, 0.05) is 23.3 Å². The van der Waals surface area contributed by atoms with Gasteiger partial charge in [-0.05, 0) is 99.1 Å². The van der Waals surface area contributed by atoms with Crippen LogP contribution in [0.2, 0.25) is 0 Å². The zero-order chi connectivity index (χ0) is 27.1. The topological polar surface area (TPSA) is 85.5 Å². The minimum atomic E-state index is -0.374. The van der Waals surface area contributed by atoms with Crippen molar-refractivity contribution in [2.75, 3.05) is 12.0 Å². The molecule has 194 valence electrons. The first-order valence-electron chi connectivity index (χ1n) is 12.3. The maximum Gasteiger partial charge on any atom is 0.296 e. The standard InChI is InChI=1S/C29H29N5O3S/c1-17-12-18(2)14-21(13-17)33-28(27(31-29(33)38)24-8-6-7-11-30-24)23-15-19(3)32(20(23)4)25-10-9-22(37-5)16-26(25)34(35)36/h6-16,27-28H,1-5H3,(H,31,38). The summed E-state index contributed by atoms with van der Waals surface area (Å²) in [5.74, 6) is 0.435. The predicted molar refractivity (Wildman–Crippen MR) is 152 cm³/mol. The highest BCUT2D eigenvalue weighted by molar-refractivity contribution is 7.80. The van der Waals surface area contributed by atoms with Crippen molar-refractivity contribution in [1.82, 2.24) is 14.9 Å². The average molecular weight is 528 g/mol. The maximum absolute atomic E-state index is 12.0. The number of rotatable bonds is 6. The van der Waals surface area contributed by atoms with Crippen LogP contribution in [0.4, 0.5) is 11.4 Å². The lowest BCUT2D eigenvalue weighted by molar-refractivity contribution is -0.384. The van der Waals surface area contributed by atoms with Gasteiger partial charge in [-0.25, -0.2) is 0 Å². The summed E-state index contributed by atoms with van der Waals surface area (Å²) >= 11 is 5.90. The van der Waals surface area contributed by atoms with Crippen LogP contribution in [0.3, 0.4) is 0 Å². The Bertz CT molecular complexity index is 1530. The molecule has 8 nitrogen and oxygen atoms in total. The summed E-state index contributed by atoms with van der Waals surface area (Å²) in [6, 6.07) is 18.8. The number of pyridine rings is 1. The van der Waals surface area contributed by atoms with Crippen LogP contribution in [0.25, 0.3) is 5.69 Å². The highest BCUT2D eigenvalue weighted by atomic mass is 32.1. The molecule has 0 aliphatic carbocycles. The molecule has 2 aromatic heterocycles. The van der Waals surface area contributed by atoms with Crippen LogP contribution in [-0.4, -0.2) is 26.7 Å². The SMILES string of the molecule is COc1ccc(-n2c(C)cc(C3C(c4ccccn4)NC(=S)N3c3cc(C)cc(C)c3)c2C)c([N+](=O)[O-])c1. The average Bonchev–Trinajstić information content (AvgIpc) is 3.38. The lowest BCUT2D eigenvalue weighted by Crippen LogP contribution is -2.29. The molecular weight excluding hydrogens is 498 g/mol. The summed E-state index contributed by atoms with van der Waals surface area (Å²) < 4.78 is 7.18.